The highest BCUT2D eigenvalue weighted by molar-refractivity contribution is 8.01. The fraction of sp³-hybridized carbons (Fsp3) is 0.406. The Balaban J connectivity index is 1.14. The van der Waals surface area contributed by atoms with Crippen molar-refractivity contribution in [3.8, 4) is 0 Å². The van der Waals surface area contributed by atoms with Crippen LogP contribution < -0.4 is 15.6 Å². The first kappa shape index (κ1) is 30.6. The Morgan fingerprint density at radius 2 is 1.76 bits per heavy atom. The van der Waals surface area contributed by atoms with Gasteiger partial charge in [-0.05, 0) is 38.5 Å². The minimum absolute atomic E-state index is 0.00360. The van der Waals surface area contributed by atoms with E-state index in [0.29, 0.717) is 38.2 Å². The zero-order valence-electron chi connectivity index (χ0n) is 25.2. The topological polar surface area (TPSA) is 132 Å². The lowest BCUT2D eigenvalue weighted by atomic mass is 9.94. The van der Waals surface area contributed by atoms with E-state index in [9.17, 15) is 29.1 Å². The van der Waals surface area contributed by atoms with Crippen molar-refractivity contribution in [2.75, 3.05) is 31.1 Å². The van der Waals surface area contributed by atoms with E-state index in [1.807, 2.05) is 44.2 Å². The quantitative estimate of drug-likeness (QED) is 0.378. The molecule has 0 spiro atoms. The number of amides is 3. The number of carboxylic acid groups (broad SMARTS) is 1. The van der Waals surface area contributed by atoms with E-state index in [1.165, 1.54) is 18.0 Å². The van der Waals surface area contributed by atoms with E-state index in [1.54, 1.807) is 32.3 Å². The van der Waals surface area contributed by atoms with Gasteiger partial charge in [-0.25, -0.2) is 9.18 Å². The second kappa shape index (κ2) is 11.5. The number of carbonyl (C=O) groups excluding carboxylic acids is 3. The van der Waals surface area contributed by atoms with Crippen LogP contribution in [0, 0.1) is 5.82 Å². The van der Waals surface area contributed by atoms with Gasteiger partial charge >= 0.3 is 5.97 Å². The fourth-order valence-electron chi connectivity index (χ4n) is 6.55. The molecule has 0 radical (unpaired) electrons. The molecule has 0 bridgehead atoms. The van der Waals surface area contributed by atoms with Gasteiger partial charge in [-0.2, -0.15) is 0 Å². The molecule has 3 aliphatic heterocycles. The zero-order valence-corrected chi connectivity index (χ0v) is 26.0. The predicted octanol–water partition coefficient (Wildman–Crippen LogP) is 2.30. The van der Waals surface area contributed by atoms with Gasteiger partial charge in [0.2, 0.25) is 23.2 Å². The number of aromatic nitrogens is 1. The lowest BCUT2D eigenvalue weighted by Gasteiger charge is -2.46. The number of hydrogen-bond acceptors (Lipinski definition) is 7. The van der Waals surface area contributed by atoms with Crippen LogP contribution in [0.25, 0.3) is 10.9 Å². The molecule has 45 heavy (non-hydrogen) atoms. The van der Waals surface area contributed by atoms with Crippen molar-refractivity contribution in [3.63, 3.8) is 0 Å². The molecule has 2 aromatic carbocycles. The monoisotopic (exact) mass is 635 g/mol. The molecule has 3 saturated heterocycles. The van der Waals surface area contributed by atoms with Gasteiger partial charge in [0.1, 0.15) is 28.8 Å². The standard InChI is InChI=1S/C32H34FN5O6S/c1-4-35-17-20(31(43)44)26(40)19-15-21(33)23(16-22(19)35)36-10-12-37(13-11-36)29(42)27-32(2,3)45-30-25(28(41)38(27)30)34-24(39)14-18-8-6-5-7-9-18/h5-9,15-17,25,27,30H,4,10-14H2,1-3H3,(H,34,39)(H,43,44)/t25-,27?,30-/m1/s1. The summed E-state index contributed by atoms with van der Waals surface area (Å²) in [6, 6.07) is 10.5. The Labute approximate surface area is 263 Å². The number of aryl methyl sites for hydroxylation is 1. The van der Waals surface area contributed by atoms with Crippen LogP contribution in [0.2, 0.25) is 0 Å². The van der Waals surface area contributed by atoms with Crippen LogP contribution >= 0.6 is 11.8 Å². The van der Waals surface area contributed by atoms with E-state index in [0.717, 1.165) is 11.6 Å². The third-order valence-corrected chi connectivity index (χ3v) is 10.4. The van der Waals surface area contributed by atoms with Crippen LogP contribution in [0.3, 0.4) is 0 Å². The van der Waals surface area contributed by atoms with E-state index in [-0.39, 0.29) is 40.6 Å². The molecule has 1 unspecified atom stereocenters. The Kier molecular flexibility index (Phi) is 7.84. The molecule has 6 rings (SSSR count). The van der Waals surface area contributed by atoms with Gasteiger partial charge in [-0.3, -0.25) is 19.2 Å². The predicted molar refractivity (Wildman–Crippen MR) is 168 cm³/mol. The molecular weight excluding hydrogens is 601 g/mol. The highest BCUT2D eigenvalue weighted by Crippen LogP contribution is 2.51. The van der Waals surface area contributed by atoms with Crippen LogP contribution in [-0.2, 0) is 27.3 Å². The third-order valence-electron chi connectivity index (χ3n) is 8.85. The van der Waals surface area contributed by atoms with Crippen molar-refractivity contribution in [1.82, 2.24) is 19.7 Å². The summed E-state index contributed by atoms with van der Waals surface area (Å²) in [5.41, 5.74) is 0.390. The van der Waals surface area contributed by atoms with E-state index < -0.39 is 39.6 Å². The second-order valence-corrected chi connectivity index (χ2v) is 13.8. The molecule has 11 nitrogen and oxygen atoms in total. The summed E-state index contributed by atoms with van der Waals surface area (Å²) in [4.78, 5) is 69.2. The zero-order chi connectivity index (χ0) is 32.2. The van der Waals surface area contributed by atoms with Crippen molar-refractivity contribution < 1.29 is 28.7 Å². The molecule has 0 aliphatic carbocycles. The molecule has 3 aliphatic rings. The average molecular weight is 636 g/mol. The normalized spacial score (nSPS) is 22.3. The number of aromatic carboxylic acids is 1. The lowest BCUT2D eigenvalue weighted by Crippen LogP contribution is -2.72. The first-order chi connectivity index (χ1) is 21.4. The highest BCUT2D eigenvalue weighted by atomic mass is 32.2. The Hall–Kier alpha value is -4.39. The number of benzene rings is 2. The SMILES string of the molecule is CCn1cc(C(=O)O)c(=O)c2cc(F)c(N3CCN(C(=O)C4N5C(=O)[C@@H](NC(=O)Cc6ccccc6)[C@H]5SC4(C)C)CC3)cc21. The molecule has 3 fully saturated rings. The number of halogens is 1. The van der Waals surface area contributed by atoms with E-state index in [2.05, 4.69) is 5.32 Å². The summed E-state index contributed by atoms with van der Waals surface area (Å²) in [5, 5.41) is 11.9. The number of anilines is 1. The number of rotatable bonds is 7. The maximum atomic E-state index is 15.4. The number of carboxylic acids is 1. The molecule has 236 valence electrons. The van der Waals surface area contributed by atoms with E-state index >= 15 is 4.39 Å². The Morgan fingerprint density at radius 1 is 1.07 bits per heavy atom. The highest BCUT2D eigenvalue weighted by Gasteiger charge is 2.64. The van der Waals surface area contributed by atoms with Gasteiger partial charge in [-0.1, -0.05) is 30.3 Å². The summed E-state index contributed by atoms with van der Waals surface area (Å²) < 4.78 is 16.4. The molecule has 2 N–H and O–H groups in total. The summed E-state index contributed by atoms with van der Waals surface area (Å²) >= 11 is 1.50. The lowest BCUT2D eigenvalue weighted by molar-refractivity contribution is -0.158. The molecule has 4 heterocycles. The average Bonchev–Trinajstić information content (AvgIpc) is 3.27. The first-order valence-electron chi connectivity index (χ1n) is 14.9. The molecular formula is C32H34FN5O6S. The largest absolute Gasteiger partial charge is 0.477 e. The van der Waals surface area contributed by atoms with Crippen molar-refractivity contribution in [2.45, 2.75) is 55.9 Å². The van der Waals surface area contributed by atoms with Crippen molar-refractivity contribution in [3.05, 3.63) is 75.8 Å². The number of fused-ring (bicyclic) bond motifs is 2. The summed E-state index contributed by atoms with van der Waals surface area (Å²) in [6.45, 7) is 7.30. The van der Waals surface area contributed by atoms with Crippen LogP contribution in [0.5, 0.6) is 0 Å². The summed E-state index contributed by atoms with van der Waals surface area (Å²) in [5.74, 6) is -2.72. The van der Waals surface area contributed by atoms with Gasteiger partial charge in [0.05, 0.1) is 17.6 Å². The van der Waals surface area contributed by atoms with Crippen molar-refractivity contribution in [1.29, 1.82) is 0 Å². The first-order valence-corrected chi connectivity index (χ1v) is 15.8. The summed E-state index contributed by atoms with van der Waals surface area (Å²) in [6.07, 6.45) is 1.44. The molecule has 13 heteroatoms. The van der Waals surface area contributed by atoms with E-state index in [4.69, 9.17) is 0 Å². The number of nitrogens with zero attached hydrogens (tertiary/aromatic N) is 4. The fourth-order valence-corrected chi connectivity index (χ4v) is 8.17. The number of nitrogens with one attached hydrogen (secondary N) is 1. The number of β-lactam (4-membered cyclic amide) rings is 1. The third kappa shape index (κ3) is 5.32. The molecule has 3 aromatic rings. The minimum Gasteiger partial charge on any atom is -0.477 e. The number of thioether (sulfide) groups is 1. The Bertz CT molecular complexity index is 1770. The molecule has 3 amide bonds. The van der Waals surface area contributed by atoms with Crippen LogP contribution in [0.1, 0.15) is 36.7 Å². The number of hydrogen-bond donors (Lipinski definition) is 2. The van der Waals surface area contributed by atoms with Crippen molar-refractivity contribution in [2.24, 2.45) is 0 Å². The van der Waals surface area contributed by atoms with Crippen LogP contribution in [0.15, 0.2) is 53.5 Å². The van der Waals surface area contributed by atoms with Crippen LogP contribution in [-0.4, -0.2) is 91.5 Å². The Morgan fingerprint density at radius 3 is 2.40 bits per heavy atom. The second-order valence-electron chi connectivity index (χ2n) is 12.1. The van der Waals surface area contributed by atoms with Crippen LogP contribution in [0.4, 0.5) is 10.1 Å². The minimum atomic E-state index is -1.37. The molecule has 0 saturated carbocycles. The van der Waals surface area contributed by atoms with Gasteiger partial charge in [0.25, 0.3) is 0 Å². The van der Waals surface area contributed by atoms with Gasteiger partial charge in [-0.15, -0.1) is 11.8 Å². The molecule has 3 atom stereocenters. The van der Waals surface area contributed by atoms with Gasteiger partial charge in [0, 0.05) is 49.1 Å². The van der Waals surface area contributed by atoms with Gasteiger partial charge < -0.3 is 29.7 Å². The maximum Gasteiger partial charge on any atom is 0.341 e. The smallest absolute Gasteiger partial charge is 0.341 e. The molecule has 1 aromatic heterocycles. The van der Waals surface area contributed by atoms with Crippen molar-refractivity contribution >= 4 is 52.0 Å². The summed E-state index contributed by atoms with van der Waals surface area (Å²) in [7, 11) is 0. The number of piperazine rings is 1. The van der Waals surface area contributed by atoms with Gasteiger partial charge in [0.15, 0.2) is 0 Å². The number of pyridine rings is 1. The number of carbonyl (C=O) groups is 4. The maximum absolute atomic E-state index is 15.4.